The first-order valence-corrected chi connectivity index (χ1v) is 13.2. The number of ether oxygens (including phenoxy) is 3. The van der Waals surface area contributed by atoms with Crippen molar-refractivity contribution in [3.05, 3.63) is 77.3 Å². The summed E-state index contributed by atoms with van der Waals surface area (Å²) in [5, 5.41) is 4.41. The molecule has 0 heterocycles. The summed E-state index contributed by atoms with van der Waals surface area (Å²) < 4.78 is 44.1. The normalized spacial score (nSPS) is 11.2. The Kier molecular flexibility index (Phi) is 9.76. The number of nitrogens with one attached hydrogen (secondary N) is 1. The minimum atomic E-state index is -4.09. The maximum Gasteiger partial charge on any atom is 0.264 e. The number of methoxy groups -OCH3 is 1. The second kappa shape index (κ2) is 13.0. The van der Waals surface area contributed by atoms with Crippen LogP contribution in [0, 0.1) is 0 Å². The number of anilines is 1. The Labute approximate surface area is 221 Å². The third-order valence-corrected chi connectivity index (χ3v) is 7.06. The van der Waals surface area contributed by atoms with Gasteiger partial charge in [0.15, 0.2) is 11.5 Å². The monoisotopic (exact) mass is 545 g/mol. The van der Waals surface area contributed by atoms with Gasteiger partial charge in [0.25, 0.3) is 15.9 Å². The van der Waals surface area contributed by atoms with Crippen LogP contribution < -0.4 is 23.9 Å². The zero-order valence-corrected chi connectivity index (χ0v) is 22.3. The predicted molar refractivity (Wildman–Crippen MR) is 143 cm³/mol. The van der Waals surface area contributed by atoms with Crippen LogP contribution in [-0.2, 0) is 14.8 Å². The molecule has 11 heteroatoms. The molecule has 0 aliphatic heterocycles. The molecule has 0 spiro atoms. The highest BCUT2D eigenvalue weighted by molar-refractivity contribution is 7.92. The van der Waals surface area contributed by atoms with Crippen LogP contribution in [0.1, 0.15) is 19.4 Å². The number of hydrazone groups is 1. The summed E-state index contributed by atoms with van der Waals surface area (Å²) in [5.74, 6) is 1.03. The van der Waals surface area contributed by atoms with Gasteiger partial charge in [-0.05, 0) is 86.1 Å². The smallest absolute Gasteiger partial charge is 0.264 e. The molecular weight excluding hydrogens is 518 g/mol. The third-order valence-electron chi connectivity index (χ3n) is 5.02. The molecule has 37 heavy (non-hydrogen) atoms. The Morgan fingerprint density at radius 3 is 2.24 bits per heavy atom. The summed E-state index contributed by atoms with van der Waals surface area (Å²) >= 11 is 5.97. The van der Waals surface area contributed by atoms with Crippen LogP contribution in [-0.4, -0.2) is 47.4 Å². The molecule has 0 radical (unpaired) electrons. The number of sulfonamides is 1. The Morgan fingerprint density at radius 2 is 1.62 bits per heavy atom. The van der Waals surface area contributed by atoms with Gasteiger partial charge in [-0.15, -0.1) is 0 Å². The van der Waals surface area contributed by atoms with Crippen molar-refractivity contribution in [3.63, 3.8) is 0 Å². The van der Waals surface area contributed by atoms with Gasteiger partial charge in [-0.2, -0.15) is 5.10 Å². The van der Waals surface area contributed by atoms with Gasteiger partial charge in [0.2, 0.25) is 0 Å². The van der Waals surface area contributed by atoms with Gasteiger partial charge >= 0.3 is 0 Å². The number of halogens is 1. The van der Waals surface area contributed by atoms with E-state index in [1.807, 2.05) is 13.8 Å². The van der Waals surface area contributed by atoms with Gasteiger partial charge in [-0.3, -0.25) is 9.10 Å². The topological polar surface area (TPSA) is 107 Å². The number of hydrogen-bond donors (Lipinski definition) is 1. The number of amides is 1. The molecule has 1 amide bonds. The van der Waals surface area contributed by atoms with E-state index in [1.54, 1.807) is 30.3 Å². The minimum absolute atomic E-state index is 0.00241. The van der Waals surface area contributed by atoms with Gasteiger partial charge in [0, 0.05) is 5.02 Å². The van der Waals surface area contributed by atoms with E-state index in [1.165, 1.54) is 49.7 Å². The van der Waals surface area contributed by atoms with Gasteiger partial charge in [-0.25, -0.2) is 13.8 Å². The predicted octanol–water partition coefficient (Wildman–Crippen LogP) is 4.49. The van der Waals surface area contributed by atoms with Crippen LogP contribution >= 0.6 is 11.6 Å². The largest absolute Gasteiger partial charge is 0.497 e. The van der Waals surface area contributed by atoms with E-state index in [0.717, 1.165) is 4.31 Å². The fraction of sp³-hybridized carbons (Fsp3) is 0.231. The number of benzene rings is 3. The zero-order chi connectivity index (χ0) is 26.8. The first-order chi connectivity index (χ1) is 17.8. The number of carbonyl (C=O) groups is 1. The van der Waals surface area contributed by atoms with Crippen LogP contribution in [0.15, 0.2) is 76.7 Å². The standard InChI is InChI=1S/C26H28ClN3O6S/c1-4-35-24-15-6-19(16-25(24)36-5-2)17-28-29-26(31)18-30(21-9-7-20(27)8-10-21)37(32,33)23-13-11-22(34-3)12-14-23/h6-17H,4-5,18H2,1-3H3,(H,29,31)/b28-17-. The number of hydrogen-bond acceptors (Lipinski definition) is 7. The molecule has 0 saturated carbocycles. The Balaban J connectivity index is 1.80. The molecule has 0 bridgehead atoms. The molecule has 0 aromatic heterocycles. The molecule has 0 unspecified atom stereocenters. The first kappa shape index (κ1) is 27.8. The van der Waals surface area contributed by atoms with Gasteiger partial charge in [0.1, 0.15) is 12.3 Å². The van der Waals surface area contributed by atoms with Crippen molar-refractivity contribution >= 4 is 39.4 Å². The van der Waals surface area contributed by atoms with Crippen molar-refractivity contribution in [2.75, 3.05) is 31.2 Å². The quantitative estimate of drug-likeness (QED) is 0.265. The second-order valence-corrected chi connectivity index (χ2v) is 9.83. The lowest BCUT2D eigenvalue weighted by molar-refractivity contribution is -0.119. The van der Waals surface area contributed by atoms with E-state index in [-0.39, 0.29) is 10.6 Å². The lowest BCUT2D eigenvalue weighted by Gasteiger charge is -2.23. The third kappa shape index (κ3) is 7.37. The van der Waals surface area contributed by atoms with Crippen molar-refractivity contribution in [2.24, 2.45) is 5.10 Å². The van der Waals surface area contributed by atoms with Crippen LogP contribution in [0.3, 0.4) is 0 Å². The van der Waals surface area contributed by atoms with Crippen LogP contribution in [0.5, 0.6) is 17.2 Å². The van der Waals surface area contributed by atoms with Gasteiger partial charge in [0.05, 0.1) is 37.1 Å². The SMILES string of the molecule is CCOc1ccc(/C=N\NC(=O)CN(c2ccc(Cl)cc2)S(=O)(=O)c2ccc(OC)cc2)cc1OCC. The molecule has 0 saturated heterocycles. The maximum atomic E-state index is 13.4. The number of rotatable bonds is 12. The zero-order valence-electron chi connectivity index (χ0n) is 20.7. The molecule has 1 N–H and O–H groups in total. The molecule has 0 atom stereocenters. The molecule has 196 valence electrons. The Hall–Kier alpha value is -3.76. The van der Waals surface area contributed by atoms with Crippen molar-refractivity contribution in [1.82, 2.24) is 5.43 Å². The lowest BCUT2D eigenvalue weighted by Crippen LogP contribution is -2.39. The highest BCUT2D eigenvalue weighted by Gasteiger charge is 2.27. The highest BCUT2D eigenvalue weighted by Crippen LogP contribution is 2.28. The molecule has 0 aliphatic carbocycles. The fourth-order valence-electron chi connectivity index (χ4n) is 3.29. The summed E-state index contributed by atoms with van der Waals surface area (Å²) in [5.41, 5.74) is 3.31. The summed E-state index contributed by atoms with van der Waals surface area (Å²) in [6.45, 7) is 4.18. The fourth-order valence-corrected chi connectivity index (χ4v) is 4.84. The van der Waals surface area contributed by atoms with Crippen molar-refractivity contribution in [2.45, 2.75) is 18.7 Å². The first-order valence-electron chi connectivity index (χ1n) is 11.4. The molecule has 0 fully saturated rings. The van der Waals surface area contributed by atoms with E-state index in [0.29, 0.717) is 41.0 Å². The number of carbonyl (C=O) groups excluding carboxylic acids is 1. The van der Waals surface area contributed by atoms with E-state index >= 15 is 0 Å². The number of nitrogens with zero attached hydrogens (tertiary/aromatic N) is 2. The molecule has 3 aromatic rings. The Bertz CT molecular complexity index is 1330. The Morgan fingerprint density at radius 1 is 0.973 bits per heavy atom. The van der Waals surface area contributed by atoms with E-state index in [2.05, 4.69) is 10.5 Å². The molecule has 0 aliphatic rings. The van der Waals surface area contributed by atoms with Gasteiger partial charge in [-0.1, -0.05) is 11.6 Å². The van der Waals surface area contributed by atoms with Crippen LogP contribution in [0.25, 0.3) is 0 Å². The molecular formula is C26H28ClN3O6S. The summed E-state index contributed by atoms with van der Waals surface area (Å²) in [4.78, 5) is 12.7. The second-order valence-electron chi connectivity index (χ2n) is 7.53. The van der Waals surface area contributed by atoms with Gasteiger partial charge < -0.3 is 14.2 Å². The lowest BCUT2D eigenvalue weighted by atomic mass is 10.2. The highest BCUT2D eigenvalue weighted by atomic mass is 35.5. The van der Waals surface area contributed by atoms with Crippen molar-refractivity contribution in [3.8, 4) is 17.2 Å². The molecule has 9 nitrogen and oxygen atoms in total. The minimum Gasteiger partial charge on any atom is -0.497 e. The summed E-state index contributed by atoms with van der Waals surface area (Å²) in [6, 6.07) is 17.3. The maximum absolute atomic E-state index is 13.4. The van der Waals surface area contributed by atoms with Crippen LogP contribution in [0.4, 0.5) is 5.69 Å². The van der Waals surface area contributed by atoms with Crippen molar-refractivity contribution in [1.29, 1.82) is 0 Å². The van der Waals surface area contributed by atoms with Crippen molar-refractivity contribution < 1.29 is 27.4 Å². The summed E-state index contributed by atoms with van der Waals surface area (Å²) in [7, 11) is -2.61. The van der Waals surface area contributed by atoms with E-state index in [4.69, 9.17) is 25.8 Å². The molecule has 3 rings (SSSR count). The van der Waals surface area contributed by atoms with Crippen LogP contribution in [0.2, 0.25) is 5.02 Å². The van der Waals surface area contributed by atoms with E-state index < -0.39 is 22.5 Å². The average Bonchev–Trinajstić information content (AvgIpc) is 2.89. The molecule has 3 aromatic carbocycles. The van der Waals surface area contributed by atoms with E-state index in [9.17, 15) is 13.2 Å². The summed E-state index contributed by atoms with van der Waals surface area (Å²) in [6.07, 6.45) is 1.43. The average molecular weight is 546 g/mol.